The molecule has 0 saturated heterocycles. The Morgan fingerprint density at radius 2 is 1.91 bits per heavy atom. The molecule has 0 heterocycles. The minimum atomic E-state index is -0.748. The third kappa shape index (κ3) is 4.46. The summed E-state index contributed by atoms with van der Waals surface area (Å²) in [5.41, 5.74) is 1.05. The quantitative estimate of drug-likeness (QED) is 0.624. The van der Waals surface area contributed by atoms with Crippen molar-refractivity contribution in [3.63, 3.8) is 0 Å². The maximum atomic E-state index is 11.8. The Bertz CT molecular complexity index is 718. The van der Waals surface area contributed by atoms with Gasteiger partial charge in [0.15, 0.2) is 0 Å². The lowest BCUT2D eigenvalue weighted by Gasteiger charge is -2.11. The van der Waals surface area contributed by atoms with Gasteiger partial charge in [0.2, 0.25) is 0 Å². The number of phenols is 1. The molecule has 2 N–H and O–H groups in total. The Morgan fingerprint density at radius 3 is 2.57 bits per heavy atom. The molecule has 0 saturated carbocycles. The fraction of sp³-hybridized carbons (Fsp3) is 0.125. The lowest BCUT2D eigenvalue weighted by atomic mass is 10.2. The van der Waals surface area contributed by atoms with Crippen LogP contribution in [0.15, 0.2) is 46.9 Å². The first-order chi connectivity index (χ1) is 11.0. The van der Waals surface area contributed by atoms with Crippen molar-refractivity contribution in [1.29, 1.82) is 0 Å². The number of anilines is 1. The molecule has 0 bridgehead atoms. The molecule has 0 radical (unpaired) electrons. The zero-order valence-electron chi connectivity index (χ0n) is 12.2. The van der Waals surface area contributed by atoms with Gasteiger partial charge in [0, 0.05) is 4.47 Å². The number of carbonyl (C=O) groups is 2. The van der Waals surface area contributed by atoms with Gasteiger partial charge in [-0.25, -0.2) is 9.59 Å². The molecule has 1 amide bonds. The summed E-state index contributed by atoms with van der Waals surface area (Å²) in [4.78, 5) is 23.4. The molecule has 0 aliphatic carbocycles. The van der Waals surface area contributed by atoms with Gasteiger partial charge in [-0.05, 0) is 33.6 Å². The van der Waals surface area contributed by atoms with Crippen LogP contribution in [-0.2, 0) is 16.1 Å². The number of amides is 1. The van der Waals surface area contributed by atoms with Crippen LogP contribution in [0.2, 0.25) is 0 Å². The number of hydrogen-bond acceptors (Lipinski definition) is 5. The van der Waals surface area contributed by atoms with Crippen LogP contribution in [0.1, 0.15) is 15.9 Å². The first-order valence-corrected chi connectivity index (χ1v) is 7.39. The molecule has 0 aliphatic rings. The molecule has 7 heteroatoms. The van der Waals surface area contributed by atoms with Crippen molar-refractivity contribution in [3.8, 4) is 5.75 Å². The van der Waals surface area contributed by atoms with E-state index in [9.17, 15) is 14.7 Å². The van der Waals surface area contributed by atoms with Crippen molar-refractivity contribution in [3.05, 3.63) is 58.1 Å². The molecular weight excluding hydrogens is 366 g/mol. The third-order valence-corrected chi connectivity index (χ3v) is 3.60. The van der Waals surface area contributed by atoms with Gasteiger partial charge in [0.25, 0.3) is 0 Å². The fourth-order valence-electron chi connectivity index (χ4n) is 1.80. The minimum absolute atomic E-state index is 0.0478. The molecule has 0 fully saturated rings. The summed E-state index contributed by atoms with van der Waals surface area (Å²) in [7, 11) is 1.24. The Hall–Kier alpha value is -2.54. The van der Waals surface area contributed by atoms with Gasteiger partial charge in [-0.3, -0.25) is 5.32 Å². The predicted molar refractivity (Wildman–Crippen MR) is 87.4 cm³/mol. The second-order valence-corrected chi connectivity index (χ2v) is 5.38. The first-order valence-electron chi connectivity index (χ1n) is 6.59. The molecule has 0 aliphatic heterocycles. The Balaban J connectivity index is 2.07. The Morgan fingerprint density at radius 1 is 1.22 bits per heavy atom. The molecule has 23 heavy (non-hydrogen) atoms. The molecule has 0 aromatic heterocycles. The van der Waals surface area contributed by atoms with E-state index in [1.165, 1.54) is 19.2 Å². The zero-order chi connectivity index (χ0) is 16.8. The van der Waals surface area contributed by atoms with Crippen LogP contribution in [0.25, 0.3) is 0 Å². The number of esters is 1. The lowest BCUT2D eigenvalue weighted by molar-refractivity contribution is 0.0599. The van der Waals surface area contributed by atoms with Crippen LogP contribution in [0, 0.1) is 0 Å². The molecule has 2 aromatic rings. The van der Waals surface area contributed by atoms with E-state index in [1.807, 2.05) is 30.3 Å². The summed E-state index contributed by atoms with van der Waals surface area (Å²) in [6.07, 6.45) is -0.748. The zero-order valence-corrected chi connectivity index (χ0v) is 13.8. The van der Waals surface area contributed by atoms with Gasteiger partial charge in [-0.15, -0.1) is 0 Å². The molecule has 2 aromatic carbocycles. The maximum absolute atomic E-state index is 11.8. The average Bonchev–Trinajstić information content (AvgIpc) is 2.55. The third-order valence-electron chi connectivity index (χ3n) is 2.94. The number of carbonyl (C=O) groups excluding carboxylic acids is 2. The highest BCUT2D eigenvalue weighted by molar-refractivity contribution is 9.10. The number of ether oxygens (including phenoxy) is 2. The highest BCUT2D eigenvalue weighted by Gasteiger charge is 2.16. The van der Waals surface area contributed by atoms with Gasteiger partial charge in [-0.2, -0.15) is 0 Å². The summed E-state index contributed by atoms with van der Waals surface area (Å²) < 4.78 is 10.0. The number of methoxy groups -OCH3 is 1. The number of nitrogens with one attached hydrogen (secondary N) is 1. The van der Waals surface area contributed by atoms with Crippen LogP contribution >= 0.6 is 15.9 Å². The first kappa shape index (κ1) is 16.8. The van der Waals surface area contributed by atoms with Gasteiger partial charge in [0.1, 0.15) is 12.4 Å². The molecule has 2 rings (SSSR count). The van der Waals surface area contributed by atoms with E-state index in [4.69, 9.17) is 4.74 Å². The monoisotopic (exact) mass is 379 g/mol. The highest BCUT2D eigenvalue weighted by atomic mass is 79.9. The van der Waals surface area contributed by atoms with Crippen LogP contribution in [0.4, 0.5) is 10.5 Å². The standard InChI is InChI=1S/C16H14BrNO5/c1-22-15(20)11-7-13(14(19)8-12(11)17)18-16(21)23-9-10-5-3-2-4-6-10/h2-8,19H,9H2,1H3,(H,18,21). The second kappa shape index (κ2) is 7.64. The van der Waals surface area contributed by atoms with Crippen LogP contribution < -0.4 is 5.32 Å². The SMILES string of the molecule is COC(=O)c1cc(NC(=O)OCc2ccccc2)c(O)cc1Br. The summed E-state index contributed by atoms with van der Waals surface area (Å²) in [5.74, 6) is -0.807. The number of benzene rings is 2. The van der Waals surface area contributed by atoms with Gasteiger partial charge < -0.3 is 14.6 Å². The van der Waals surface area contributed by atoms with Gasteiger partial charge in [-0.1, -0.05) is 30.3 Å². The van der Waals surface area contributed by atoms with Crippen molar-refractivity contribution in [2.75, 3.05) is 12.4 Å². The van der Waals surface area contributed by atoms with Crippen LogP contribution in [0.3, 0.4) is 0 Å². The lowest BCUT2D eigenvalue weighted by Crippen LogP contribution is -2.14. The van der Waals surface area contributed by atoms with Gasteiger partial charge in [0.05, 0.1) is 18.4 Å². The van der Waals surface area contributed by atoms with Crippen LogP contribution in [0.5, 0.6) is 5.75 Å². The Kier molecular flexibility index (Phi) is 5.59. The number of rotatable bonds is 4. The van der Waals surface area contributed by atoms with Gasteiger partial charge >= 0.3 is 12.1 Å². The minimum Gasteiger partial charge on any atom is -0.506 e. The summed E-state index contributed by atoms with van der Waals surface area (Å²) in [5, 5.41) is 12.2. The molecule has 0 spiro atoms. The molecule has 6 nitrogen and oxygen atoms in total. The van der Waals surface area contributed by atoms with E-state index in [0.29, 0.717) is 4.47 Å². The summed E-state index contributed by atoms with van der Waals surface area (Å²) >= 11 is 3.15. The molecular formula is C16H14BrNO5. The van der Waals surface area contributed by atoms with E-state index in [1.54, 1.807) is 0 Å². The summed E-state index contributed by atoms with van der Waals surface area (Å²) in [6.45, 7) is 0.0911. The van der Waals surface area contributed by atoms with Crippen LogP contribution in [-0.4, -0.2) is 24.3 Å². The van der Waals surface area contributed by atoms with Crippen molar-refractivity contribution in [1.82, 2.24) is 0 Å². The van der Waals surface area contributed by atoms with Crippen molar-refractivity contribution < 1.29 is 24.2 Å². The fourth-order valence-corrected chi connectivity index (χ4v) is 2.29. The Labute approximate surface area is 141 Å². The van der Waals surface area contributed by atoms with E-state index >= 15 is 0 Å². The van der Waals surface area contributed by atoms with E-state index < -0.39 is 12.1 Å². The average molecular weight is 380 g/mol. The maximum Gasteiger partial charge on any atom is 0.412 e. The van der Waals surface area contributed by atoms with Crippen molar-refractivity contribution in [2.45, 2.75) is 6.61 Å². The number of hydrogen-bond donors (Lipinski definition) is 2. The molecule has 120 valence electrons. The predicted octanol–water partition coefficient (Wildman–Crippen LogP) is 3.69. The molecule has 0 unspecified atom stereocenters. The van der Waals surface area contributed by atoms with Crippen molar-refractivity contribution >= 4 is 33.7 Å². The van der Waals surface area contributed by atoms with E-state index in [0.717, 1.165) is 5.56 Å². The normalized spacial score (nSPS) is 10.0. The largest absolute Gasteiger partial charge is 0.506 e. The molecule has 0 atom stereocenters. The van der Waals surface area contributed by atoms with E-state index in [-0.39, 0.29) is 23.6 Å². The topological polar surface area (TPSA) is 84.9 Å². The summed E-state index contributed by atoms with van der Waals surface area (Å²) in [6, 6.07) is 11.8. The van der Waals surface area contributed by atoms with Crippen molar-refractivity contribution in [2.24, 2.45) is 0 Å². The highest BCUT2D eigenvalue weighted by Crippen LogP contribution is 2.31. The van der Waals surface area contributed by atoms with E-state index in [2.05, 4.69) is 26.0 Å². The number of halogens is 1. The second-order valence-electron chi connectivity index (χ2n) is 4.53. The number of aromatic hydroxyl groups is 1. The smallest absolute Gasteiger partial charge is 0.412 e. The number of phenolic OH excluding ortho intramolecular Hbond substituents is 1.